The third-order valence-corrected chi connectivity index (χ3v) is 4.57. The predicted molar refractivity (Wildman–Crippen MR) is 104 cm³/mol. The second-order valence-electron chi connectivity index (χ2n) is 6.57. The Morgan fingerprint density at radius 1 is 1.15 bits per heavy atom. The summed E-state index contributed by atoms with van der Waals surface area (Å²) in [4.78, 5) is 0. The topological polar surface area (TPSA) is 71.5 Å². The van der Waals surface area contributed by atoms with Crippen molar-refractivity contribution in [1.29, 1.82) is 0 Å². The number of ether oxygens (including phenoxy) is 3. The fourth-order valence-electron chi connectivity index (χ4n) is 3.12. The van der Waals surface area contributed by atoms with Crippen molar-refractivity contribution in [3.8, 4) is 22.8 Å². The highest BCUT2D eigenvalue weighted by molar-refractivity contribution is 5.63. The smallest absolute Gasteiger partial charge is 0.200 e. The Balaban J connectivity index is 1.54. The Morgan fingerprint density at radius 3 is 2.74 bits per heavy atom. The maximum absolute atomic E-state index is 5.98. The molecule has 0 aliphatic carbocycles. The van der Waals surface area contributed by atoms with Gasteiger partial charge >= 0.3 is 0 Å². The number of nitrogen functional groups attached to an aromatic ring is 1. The number of benzene rings is 2. The summed E-state index contributed by atoms with van der Waals surface area (Å²) in [6.07, 6.45) is 3.67. The zero-order chi connectivity index (χ0) is 18.6. The molecule has 2 aromatic carbocycles. The molecule has 0 amide bonds. The normalized spacial score (nSPS) is 16.4. The molecule has 27 heavy (non-hydrogen) atoms. The zero-order valence-corrected chi connectivity index (χ0v) is 15.3. The van der Waals surface area contributed by atoms with Crippen molar-refractivity contribution >= 4 is 5.69 Å². The number of hydrogen-bond acceptors (Lipinski definition) is 5. The minimum absolute atomic E-state index is 0.211. The molecule has 1 saturated heterocycles. The standard InChI is InChI=1S/C21H23N3O3/c1-25-19-9-6-16(13-20(19)27-21-3-2-12-26-21)18-10-11-24(23-18)14-15-4-7-17(22)8-5-15/h4-11,13,21H,2-3,12,14,22H2,1H3/t21-/m0/s1. The first-order valence-electron chi connectivity index (χ1n) is 9.06. The molecular formula is C21H23N3O3. The maximum atomic E-state index is 5.98. The van der Waals surface area contributed by atoms with Crippen LogP contribution in [0.5, 0.6) is 11.5 Å². The van der Waals surface area contributed by atoms with E-state index in [1.807, 2.05) is 59.4 Å². The molecule has 2 N–H and O–H groups in total. The molecule has 1 atom stereocenters. The van der Waals surface area contributed by atoms with Gasteiger partial charge in [0.2, 0.25) is 0 Å². The molecule has 140 valence electrons. The van der Waals surface area contributed by atoms with Crippen molar-refractivity contribution in [3.63, 3.8) is 0 Å². The molecule has 1 aliphatic heterocycles. The number of rotatable bonds is 6. The van der Waals surface area contributed by atoms with E-state index in [4.69, 9.17) is 19.9 Å². The summed E-state index contributed by atoms with van der Waals surface area (Å²) >= 11 is 0. The molecule has 4 rings (SSSR count). The van der Waals surface area contributed by atoms with E-state index in [2.05, 4.69) is 5.10 Å². The number of nitrogens with two attached hydrogens (primary N) is 1. The van der Waals surface area contributed by atoms with Crippen molar-refractivity contribution in [2.75, 3.05) is 19.5 Å². The zero-order valence-electron chi connectivity index (χ0n) is 15.3. The summed E-state index contributed by atoms with van der Waals surface area (Å²) in [6, 6.07) is 15.7. The lowest BCUT2D eigenvalue weighted by Crippen LogP contribution is -2.14. The van der Waals surface area contributed by atoms with Crippen LogP contribution < -0.4 is 15.2 Å². The molecule has 0 unspecified atom stereocenters. The van der Waals surface area contributed by atoms with Crippen LogP contribution in [0.25, 0.3) is 11.3 Å². The summed E-state index contributed by atoms with van der Waals surface area (Å²) < 4.78 is 18.9. The van der Waals surface area contributed by atoms with Gasteiger partial charge in [0, 0.05) is 23.9 Å². The van der Waals surface area contributed by atoms with Crippen molar-refractivity contribution in [3.05, 3.63) is 60.3 Å². The fraction of sp³-hybridized carbons (Fsp3) is 0.286. The number of aromatic nitrogens is 2. The first-order valence-corrected chi connectivity index (χ1v) is 9.06. The fourth-order valence-corrected chi connectivity index (χ4v) is 3.12. The van der Waals surface area contributed by atoms with Gasteiger partial charge in [-0.1, -0.05) is 12.1 Å². The van der Waals surface area contributed by atoms with Gasteiger partial charge in [-0.25, -0.2) is 0 Å². The second kappa shape index (κ2) is 7.72. The van der Waals surface area contributed by atoms with Crippen molar-refractivity contribution in [2.45, 2.75) is 25.7 Å². The molecule has 0 radical (unpaired) electrons. The van der Waals surface area contributed by atoms with Gasteiger partial charge in [-0.3, -0.25) is 4.68 Å². The van der Waals surface area contributed by atoms with Crippen molar-refractivity contribution in [2.24, 2.45) is 0 Å². The summed E-state index contributed by atoms with van der Waals surface area (Å²) in [5.74, 6) is 1.37. The summed E-state index contributed by atoms with van der Waals surface area (Å²) in [5.41, 5.74) is 9.50. The average Bonchev–Trinajstić information content (AvgIpc) is 3.36. The average molecular weight is 365 g/mol. The number of methoxy groups -OCH3 is 1. The van der Waals surface area contributed by atoms with E-state index >= 15 is 0 Å². The minimum Gasteiger partial charge on any atom is -0.493 e. The van der Waals surface area contributed by atoms with Crippen molar-refractivity contribution in [1.82, 2.24) is 9.78 Å². The molecular weight excluding hydrogens is 342 g/mol. The third kappa shape index (κ3) is 4.06. The lowest BCUT2D eigenvalue weighted by Gasteiger charge is -2.16. The van der Waals surface area contributed by atoms with Crippen LogP contribution in [-0.2, 0) is 11.3 Å². The Bertz CT molecular complexity index is 899. The van der Waals surface area contributed by atoms with E-state index in [0.717, 1.165) is 42.0 Å². The Labute approximate surface area is 158 Å². The summed E-state index contributed by atoms with van der Waals surface area (Å²) in [5, 5.41) is 4.68. The first-order chi connectivity index (χ1) is 13.2. The minimum atomic E-state index is -0.211. The number of nitrogens with zero attached hydrogens (tertiary/aromatic N) is 2. The molecule has 6 nitrogen and oxygen atoms in total. The molecule has 1 aromatic heterocycles. The highest BCUT2D eigenvalue weighted by Gasteiger charge is 2.19. The maximum Gasteiger partial charge on any atom is 0.200 e. The van der Waals surface area contributed by atoms with Crippen molar-refractivity contribution < 1.29 is 14.2 Å². The molecule has 3 aromatic rings. The van der Waals surface area contributed by atoms with Crippen LogP contribution in [0, 0.1) is 0 Å². The van der Waals surface area contributed by atoms with Gasteiger partial charge in [0.15, 0.2) is 17.8 Å². The lowest BCUT2D eigenvalue weighted by atomic mass is 10.1. The van der Waals surface area contributed by atoms with Gasteiger partial charge in [0.25, 0.3) is 0 Å². The van der Waals surface area contributed by atoms with E-state index in [-0.39, 0.29) is 6.29 Å². The second-order valence-corrected chi connectivity index (χ2v) is 6.57. The molecule has 1 aliphatic rings. The lowest BCUT2D eigenvalue weighted by molar-refractivity contribution is -0.0402. The molecule has 2 heterocycles. The van der Waals surface area contributed by atoms with Crippen LogP contribution in [0.3, 0.4) is 0 Å². The number of anilines is 1. The third-order valence-electron chi connectivity index (χ3n) is 4.57. The van der Waals surface area contributed by atoms with E-state index in [9.17, 15) is 0 Å². The predicted octanol–water partition coefficient (Wildman–Crippen LogP) is 3.70. The highest BCUT2D eigenvalue weighted by Crippen LogP contribution is 2.34. The Hall–Kier alpha value is -2.99. The summed E-state index contributed by atoms with van der Waals surface area (Å²) in [7, 11) is 1.64. The van der Waals surface area contributed by atoms with Crippen LogP contribution >= 0.6 is 0 Å². The van der Waals surface area contributed by atoms with Crippen LogP contribution in [0.4, 0.5) is 5.69 Å². The monoisotopic (exact) mass is 365 g/mol. The van der Waals surface area contributed by atoms with E-state index in [0.29, 0.717) is 18.0 Å². The molecule has 0 spiro atoms. The van der Waals surface area contributed by atoms with Gasteiger partial charge in [-0.15, -0.1) is 0 Å². The van der Waals surface area contributed by atoms with E-state index in [1.165, 1.54) is 0 Å². The van der Waals surface area contributed by atoms with Gasteiger partial charge in [-0.2, -0.15) is 5.10 Å². The molecule has 6 heteroatoms. The summed E-state index contributed by atoms with van der Waals surface area (Å²) in [6.45, 7) is 1.43. The number of hydrogen-bond donors (Lipinski definition) is 1. The highest BCUT2D eigenvalue weighted by atomic mass is 16.7. The molecule has 0 bridgehead atoms. The van der Waals surface area contributed by atoms with Gasteiger partial charge in [0.05, 0.1) is 26.0 Å². The molecule has 0 saturated carbocycles. The van der Waals surface area contributed by atoms with Crippen LogP contribution in [0.1, 0.15) is 18.4 Å². The molecule has 1 fully saturated rings. The van der Waals surface area contributed by atoms with E-state index in [1.54, 1.807) is 7.11 Å². The van der Waals surface area contributed by atoms with Gasteiger partial charge < -0.3 is 19.9 Å². The van der Waals surface area contributed by atoms with Crippen LogP contribution in [0.2, 0.25) is 0 Å². The SMILES string of the molecule is COc1ccc(-c2ccn(Cc3ccc(N)cc3)n2)cc1O[C@H]1CCCO1. The largest absolute Gasteiger partial charge is 0.493 e. The quantitative estimate of drug-likeness (QED) is 0.674. The van der Waals surface area contributed by atoms with Gasteiger partial charge in [-0.05, 0) is 48.4 Å². The first kappa shape index (κ1) is 17.4. The van der Waals surface area contributed by atoms with Gasteiger partial charge in [0.1, 0.15) is 0 Å². The van der Waals surface area contributed by atoms with E-state index < -0.39 is 0 Å². The van der Waals surface area contributed by atoms with Crippen LogP contribution in [0.15, 0.2) is 54.7 Å². The Kier molecular flexibility index (Phi) is 4.98. The Morgan fingerprint density at radius 2 is 2.00 bits per heavy atom. The van der Waals surface area contributed by atoms with Crippen LogP contribution in [-0.4, -0.2) is 29.8 Å².